The van der Waals surface area contributed by atoms with Crippen molar-refractivity contribution in [2.75, 3.05) is 28.5 Å². The largest absolute Gasteiger partial charge is 0.483 e. The Morgan fingerprint density at radius 3 is 2.69 bits per heavy atom. The molecule has 6 nitrogen and oxygen atoms in total. The highest BCUT2D eigenvalue weighted by atomic mass is 35.5. The SMILES string of the molecule is Cc1ccccc1OCC(=O)Nc1ccc(N2CCCS2(=O)=O)cc1Cl. The molecule has 0 radical (unpaired) electrons. The highest BCUT2D eigenvalue weighted by Crippen LogP contribution is 2.31. The summed E-state index contributed by atoms with van der Waals surface area (Å²) in [4.78, 5) is 12.1. The van der Waals surface area contributed by atoms with Gasteiger partial charge in [-0.2, -0.15) is 0 Å². The second-order valence-electron chi connectivity index (χ2n) is 6.01. The maximum atomic E-state index is 12.1. The number of hydrogen-bond donors (Lipinski definition) is 1. The number of anilines is 2. The van der Waals surface area contributed by atoms with Gasteiger partial charge >= 0.3 is 0 Å². The number of para-hydroxylation sites is 1. The average molecular weight is 395 g/mol. The number of benzene rings is 2. The predicted octanol–water partition coefficient (Wildman–Crippen LogP) is 3.21. The zero-order valence-corrected chi connectivity index (χ0v) is 15.8. The summed E-state index contributed by atoms with van der Waals surface area (Å²) in [5.74, 6) is 0.430. The summed E-state index contributed by atoms with van der Waals surface area (Å²) in [7, 11) is -3.27. The van der Waals surface area contributed by atoms with Crippen LogP contribution < -0.4 is 14.4 Å². The van der Waals surface area contributed by atoms with Crippen molar-refractivity contribution in [2.24, 2.45) is 0 Å². The quantitative estimate of drug-likeness (QED) is 0.844. The molecular weight excluding hydrogens is 376 g/mol. The number of carbonyl (C=O) groups excluding carboxylic acids is 1. The van der Waals surface area contributed by atoms with Crippen LogP contribution in [0.5, 0.6) is 5.75 Å². The van der Waals surface area contributed by atoms with Crippen LogP contribution in [0.15, 0.2) is 42.5 Å². The van der Waals surface area contributed by atoms with Crippen molar-refractivity contribution in [2.45, 2.75) is 13.3 Å². The number of nitrogens with zero attached hydrogens (tertiary/aromatic N) is 1. The standard InChI is InChI=1S/C18H19ClN2O4S/c1-13-5-2-3-6-17(13)25-12-18(22)20-16-8-7-14(11-15(16)19)21-9-4-10-26(21,23)24/h2-3,5-8,11H,4,9-10,12H2,1H3,(H,20,22). The van der Waals surface area contributed by atoms with Crippen LogP contribution in [0, 0.1) is 6.92 Å². The Morgan fingerprint density at radius 2 is 2.04 bits per heavy atom. The van der Waals surface area contributed by atoms with Crippen molar-refractivity contribution >= 4 is 38.9 Å². The number of carbonyl (C=O) groups is 1. The Morgan fingerprint density at radius 1 is 1.27 bits per heavy atom. The molecule has 1 aliphatic heterocycles. The van der Waals surface area contributed by atoms with Crippen LogP contribution in [0.1, 0.15) is 12.0 Å². The molecule has 0 saturated carbocycles. The molecule has 26 heavy (non-hydrogen) atoms. The maximum absolute atomic E-state index is 12.1. The lowest BCUT2D eigenvalue weighted by Gasteiger charge is -2.18. The fourth-order valence-electron chi connectivity index (χ4n) is 2.74. The third-order valence-electron chi connectivity index (χ3n) is 4.07. The van der Waals surface area contributed by atoms with Gasteiger partial charge in [0, 0.05) is 6.54 Å². The van der Waals surface area contributed by atoms with E-state index in [0.29, 0.717) is 30.1 Å². The maximum Gasteiger partial charge on any atom is 0.262 e. The predicted molar refractivity (Wildman–Crippen MR) is 103 cm³/mol. The zero-order valence-electron chi connectivity index (χ0n) is 14.2. The summed E-state index contributed by atoms with van der Waals surface area (Å²) in [6, 6.07) is 12.2. The molecule has 1 amide bonds. The summed E-state index contributed by atoms with van der Waals surface area (Å²) >= 11 is 6.21. The number of halogens is 1. The minimum absolute atomic E-state index is 0.138. The summed E-state index contributed by atoms with van der Waals surface area (Å²) in [5, 5.41) is 2.95. The van der Waals surface area contributed by atoms with Gasteiger partial charge in [-0.15, -0.1) is 0 Å². The van der Waals surface area contributed by atoms with E-state index < -0.39 is 10.0 Å². The molecule has 1 saturated heterocycles. The number of rotatable bonds is 5. The average Bonchev–Trinajstić information content (AvgIpc) is 2.95. The van der Waals surface area contributed by atoms with E-state index in [2.05, 4.69) is 5.32 Å². The number of sulfonamides is 1. The molecule has 8 heteroatoms. The van der Waals surface area contributed by atoms with Gasteiger partial charge in [-0.05, 0) is 43.2 Å². The molecule has 1 heterocycles. The van der Waals surface area contributed by atoms with E-state index >= 15 is 0 Å². The normalized spacial score (nSPS) is 15.7. The van der Waals surface area contributed by atoms with Gasteiger partial charge in [-0.1, -0.05) is 29.8 Å². The summed E-state index contributed by atoms with van der Waals surface area (Å²) < 4.78 is 30.8. The van der Waals surface area contributed by atoms with Crippen molar-refractivity contribution < 1.29 is 17.9 Å². The van der Waals surface area contributed by atoms with Crippen LogP contribution in [-0.2, 0) is 14.8 Å². The van der Waals surface area contributed by atoms with E-state index in [4.69, 9.17) is 16.3 Å². The first-order chi connectivity index (χ1) is 12.4. The highest BCUT2D eigenvalue weighted by Gasteiger charge is 2.28. The molecule has 1 N–H and O–H groups in total. The first-order valence-corrected chi connectivity index (χ1v) is 10.1. The molecule has 138 valence electrons. The Hall–Kier alpha value is -2.25. The lowest BCUT2D eigenvalue weighted by molar-refractivity contribution is -0.118. The molecule has 0 atom stereocenters. The Labute approximate surface area is 157 Å². The molecule has 0 aliphatic carbocycles. The molecule has 1 fully saturated rings. The van der Waals surface area contributed by atoms with Crippen molar-refractivity contribution in [1.82, 2.24) is 0 Å². The molecule has 0 aromatic heterocycles. The highest BCUT2D eigenvalue weighted by molar-refractivity contribution is 7.93. The van der Waals surface area contributed by atoms with E-state index in [1.54, 1.807) is 24.3 Å². The van der Waals surface area contributed by atoms with E-state index in [-0.39, 0.29) is 23.3 Å². The van der Waals surface area contributed by atoms with Gasteiger partial charge in [-0.3, -0.25) is 9.10 Å². The molecule has 2 aromatic carbocycles. The summed E-state index contributed by atoms with van der Waals surface area (Å²) in [5.41, 5.74) is 1.85. The first kappa shape index (κ1) is 18.5. The Kier molecular flexibility index (Phi) is 5.38. The second kappa shape index (κ2) is 7.55. The lowest BCUT2D eigenvalue weighted by Crippen LogP contribution is -2.25. The van der Waals surface area contributed by atoms with Crippen molar-refractivity contribution in [1.29, 1.82) is 0 Å². The van der Waals surface area contributed by atoms with Gasteiger partial charge in [0.2, 0.25) is 10.0 Å². The molecular formula is C18H19ClN2O4S. The van der Waals surface area contributed by atoms with Crippen molar-refractivity contribution in [3.63, 3.8) is 0 Å². The summed E-state index contributed by atoms with van der Waals surface area (Å²) in [6.45, 7) is 2.19. The van der Waals surface area contributed by atoms with Crippen LogP contribution in [0.2, 0.25) is 5.02 Å². The molecule has 1 aliphatic rings. The minimum atomic E-state index is -3.27. The third-order valence-corrected chi connectivity index (χ3v) is 6.25. The first-order valence-electron chi connectivity index (χ1n) is 8.15. The fourth-order valence-corrected chi connectivity index (χ4v) is 4.52. The van der Waals surface area contributed by atoms with E-state index in [1.165, 1.54) is 4.31 Å². The van der Waals surface area contributed by atoms with Crippen LogP contribution in [0.4, 0.5) is 11.4 Å². The topological polar surface area (TPSA) is 75.7 Å². The van der Waals surface area contributed by atoms with Gasteiger partial charge in [0.25, 0.3) is 5.91 Å². The second-order valence-corrected chi connectivity index (χ2v) is 8.43. The molecule has 0 bridgehead atoms. The number of nitrogens with one attached hydrogen (secondary N) is 1. The number of amides is 1. The van der Waals surface area contributed by atoms with Crippen LogP contribution in [0.25, 0.3) is 0 Å². The van der Waals surface area contributed by atoms with Gasteiger partial charge in [-0.25, -0.2) is 8.42 Å². The minimum Gasteiger partial charge on any atom is -0.483 e. The van der Waals surface area contributed by atoms with Gasteiger partial charge < -0.3 is 10.1 Å². The fraction of sp³-hybridized carbons (Fsp3) is 0.278. The van der Waals surface area contributed by atoms with E-state index in [9.17, 15) is 13.2 Å². The van der Waals surface area contributed by atoms with Crippen LogP contribution in [-0.4, -0.2) is 33.2 Å². The van der Waals surface area contributed by atoms with E-state index in [0.717, 1.165) is 5.56 Å². The van der Waals surface area contributed by atoms with Crippen LogP contribution >= 0.6 is 11.6 Å². The monoisotopic (exact) mass is 394 g/mol. The lowest BCUT2D eigenvalue weighted by atomic mass is 10.2. The van der Waals surface area contributed by atoms with Gasteiger partial charge in [0.05, 0.1) is 22.2 Å². The molecule has 0 spiro atoms. The third kappa shape index (κ3) is 4.11. The van der Waals surface area contributed by atoms with Crippen molar-refractivity contribution in [3.8, 4) is 5.75 Å². The summed E-state index contributed by atoms with van der Waals surface area (Å²) in [6.07, 6.45) is 0.592. The number of hydrogen-bond acceptors (Lipinski definition) is 4. The Bertz CT molecular complexity index is 931. The Balaban J connectivity index is 1.65. The van der Waals surface area contributed by atoms with Crippen molar-refractivity contribution in [3.05, 3.63) is 53.1 Å². The van der Waals surface area contributed by atoms with Crippen LogP contribution in [0.3, 0.4) is 0 Å². The molecule has 2 aromatic rings. The smallest absolute Gasteiger partial charge is 0.262 e. The molecule has 0 unspecified atom stereocenters. The van der Waals surface area contributed by atoms with E-state index in [1.807, 2.05) is 25.1 Å². The van der Waals surface area contributed by atoms with Gasteiger partial charge in [0.1, 0.15) is 5.75 Å². The number of ether oxygens (including phenoxy) is 1. The molecule has 3 rings (SSSR count). The van der Waals surface area contributed by atoms with Gasteiger partial charge in [0.15, 0.2) is 6.61 Å². The number of aryl methyl sites for hydroxylation is 1. The zero-order chi connectivity index (χ0) is 18.7.